The first kappa shape index (κ1) is 23.2. The number of rotatable bonds is 8. The van der Waals surface area contributed by atoms with Crippen molar-refractivity contribution in [1.29, 1.82) is 0 Å². The van der Waals surface area contributed by atoms with Crippen molar-refractivity contribution in [3.63, 3.8) is 0 Å². The number of fused-ring (bicyclic) bond motifs is 1. The molecule has 176 valence electrons. The quantitative estimate of drug-likeness (QED) is 0.545. The van der Waals surface area contributed by atoms with E-state index >= 15 is 0 Å². The van der Waals surface area contributed by atoms with Crippen molar-refractivity contribution in [2.24, 2.45) is 0 Å². The number of benzene rings is 1. The third-order valence-electron chi connectivity index (χ3n) is 6.08. The van der Waals surface area contributed by atoms with E-state index in [1.165, 1.54) is 0 Å². The van der Waals surface area contributed by atoms with Crippen LogP contribution >= 0.6 is 0 Å². The molecule has 1 aromatic carbocycles. The molecule has 2 aromatic heterocycles. The molecule has 0 bridgehead atoms. The van der Waals surface area contributed by atoms with Gasteiger partial charge in [0.25, 0.3) is 5.91 Å². The van der Waals surface area contributed by atoms with E-state index in [2.05, 4.69) is 10.3 Å². The maximum absolute atomic E-state index is 13.1. The number of aromatic nitrogens is 3. The van der Waals surface area contributed by atoms with E-state index in [4.69, 9.17) is 14.6 Å². The summed E-state index contributed by atoms with van der Waals surface area (Å²) in [6.45, 7) is 4.52. The fraction of sp³-hybridized carbons (Fsp3) is 0.480. The predicted molar refractivity (Wildman–Crippen MR) is 125 cm³/mol. The largest absolute Gasteiger partial charge is 0.460 e. The number of nitrogens with zero attached hydrogens (tertiary/aromatic N) is 3. The van der Waals surface area contributed by atoms with Crippen LogP contribution in [0.25, 0.3) is 10.9 Å². The zero-order valence-corrected chi connectivity index (χ0v) is 19.5. The van der Waals surface area contributed by atoms with Crippen molar-refractivity contribution in [2.75, 3.05) is 7.11 Å². The molecule has 0 spiro atoms. The molecule has 2 heterocycles. The van der Waals surface area contributed by atoms with E-state index in [1.54, 1.807) is 27.2 Å². The van der Waals surface area contributed by atoms with Crippen LogP contribution in [0.4, 0.5) is 0 Å². The van der Waals surface area contributed by atoms with Gasteiger partial charge in [-0.05, 0) is 68.9 Å². The number of methoxy groups -OCH3 is 1. The summed E-state index contributed by atoms with van der Waals surface area (Å²) in [6, 6.07) is 9.95. The standard InChI is InChI=1S/C25H32N4O4/c1-25(2,24(31)27-19-7-9-20(30)10-8-19)33-23-21-13-17(16-32-3)6-11-22(21)29(28-23)15-18-5-4-12-26-14-18/h4-6,11-14,19-20,30H,7-10,15-16H2,1-3H3,(H,27,31). The molecular formula is C25H32N4O4. The number of hydrogen-bond acceptors (Lipinski definition) is 6. The number of carbonyl (C=O) groups is 1. The zero-order chi connectivity index (χ0) is 23.4. The molecule has 0 aliphatic heterocycles. The molecule has 1 amide bonds. The van der Waals surface area contributed by atoms with E-state index in [0.717, 1.165) is 34.9 Å². The maximum atomic E-state index is 13.1. The second-order valence-electron chi connectivity index (χ2n) is 9.20. The molecular weight excluding hydrogens is 420 g/mol. The number of amides is 1. The summed E-state index contributed by atoms with van der Waals surface area (Å²) >= 11 is 0. The Labute approximate surface area is 193 Å². The van der Waals surface area contributed by atoms with Gasteiger partial charge in [-0.3, -0.25) is 14.5 Å². The Hall–Kier alpha value is -2.97. The van der Waals surface area contributed by atoms with Gasteiger partial charge in [0.1, 0.15) is 0 Å². The highest BCUT2D eigenvalue weighted by Crippen LogP contribution is 2.30. The van der Waals surface area contributed by atoms with E-state index in [1.807, 2.05) is 41.2 Å². The molecule has 1 aliphatic carbocycles. The highest BCUT2D eigenvalue weighted by molar-refractivity contribution is 5.88. The van der Waals surface area contributed by atoms with Crippen LogP contribution in [0.15, 0.2) is 42.7 Å². The number of aliphatic hydroxyl groups excluding tert-OH is 1. The fourth-order valence-electron chi connectivity index (χ4n) is 4.18. The average molecular weight is 453 g/mol. The Balaban J connectivity index is 1.59. The van der Waals surface area contributed by atoms with Crippen molar-refractivity contribution >= 4 is 16.8 Å². The first-order valence-electron chi connectivity index (χ1n) is 11.4. The minimum absolute atomic E-state index is 0.0527. The minimum atomic E-state index is -1.12. The number of hydrogen-bond donors (Lipinski definition) is 2. The van der Waals surface area contributed by atoms with Gasteiger partial charge in [0.05, 0.1) is 30.2 Å². The van der Waals surface area contributed by atoms with Crippen molar-refractivity contribution in [2.45, 2.75) is 70.4 Å². The van der Waals surface area contributed by atoms with Gasteiger partial charge in [0, 0.05) is 25.5 Å². The Bertz CT molecular complexity index is 1090. The molecule has 8 heteroatoms. The van der Waals surface area contributed by atoms with Gasteiger partial charge in [-0.2, -0.15) is 0 Å². The lowest BCUT2D eigenvalue weighted by Crippen LogP contribution is -2.51. The molecule has 1 fully saturated rings. The van der Waals surface area contributed by atoms with Crippen molar-refractivity contribution < 1.29 is 19.4 Å². The highest BCUT2D eigenvalue weighted by Gasteiger charge is 2.34. The summed E-state index contributed by atoms with van der Waals surface area (Å²) < 4.78 is 13.4. The second-order valence-corrected chi connectivity index (χ2v) is 9.20. The van der Waals surface area contributed by atoms with Crippen LogP contribution in [0, 0.1) is 0 Å². The lowest BCUT2D eigenvalue weighted by Gasteiger charge is -2.30. The second kappa shape index (κ2) is 9.89. The molecule has 8 nitrogen and oxygen atoms in total. The van der Waals surface area contributed by atoms with Crippen molar-refractivity contribution in [3.05, 3.63) is 53.9 Å². The van der Waals surface area contributed by atoms with Crippen molar-refractivity contribution in [1.82, 2.24) is 20.1 Å². The van der Waals surface area contributed by atoms with Crippen LogP contribution in [0.2, 0.25) is 0 Å². The Morgan fingerprint density at radius 2 is 2.00 bits per heavy atom. The molecule has 2 N–H and O–H groups in total. The van der Waals surface area contributed by atoms with Crippen LogP contribution in [0.5, 0.6) is 5.88 Å². The number of carbonyl (C=O) groups excluding carboxylic acids is 1. The molecule has 33 heavy (non-hydrogen) atoms. The van der Waals surface area contributed by atoms with Crippen molar-refractivity contribution in [3.8, 4) is 5.88 Å². The van der Waals surface area contributed by atoms with Crippen LogP contribution < -0.4 is 10.1 Å². The van der Waals surface area contributed by atoms with Gasteiger partial charge >= 0.3 is 0 Å². The third-order valence-corrected chi connectivity index (χ3v) is 6.08. The molecule has 0 radical (unpaired) electrons. The first-order chi connectivity index (χ1) is 15.9. The van der Waals surface area contributed by atoms with Gasteiger partial charge in [-0.1, -0.05) is 12.1 Å². The highest BCUT2D eigenvalue weighted by atomic mass is 16.5. The number of nitrogens with one attached hydrogen (secondary N) is 1. The van der Waals surface area contributed by atoms with Crippen LogP contribution in [0.3, 0.4) is 0 Å². The van der Waals surface area contributed by atoms with Crippen LogP contribution in [0.1, 0.15) is 50.7 Å². The fourth-order valence-corrected chi connectivity index (χ4v) is 4.18. The molecule has 0 unspecified atom stereocenters. The summed E-state index contributed by atoms with van der Waals surface area (Å²) in [5.41, 5.74) is 1.81. The summed E-state index contributed by atoms with van der Waals surface area (Å²) in [7, 11) is 1.66. The molecule has 1 saturated carbocycles. The zero-order valence-electron chi connectivity index (χ0n) is 19.5. The van der Waals surface area contributed by atoms with E-state index in [9.17, 15) is 9.90 Å². The van der Waals surface area contributed by atoms with Gasteiger partial charge in [-0.15, -0.1) is 5.10 Å². The Morgan fingerprint density at radius 3 is 2.70 bits per heavy atom. The van der Waals surface area contributed by atoms with Gasteiger partial charge in [0.2, 0.25) is 5.88 Å². The lowest BCUT2D eigenvalue weighted by molar-refractivity contribution is -0.135. The van der Waals surface area contributed by atoms with Gasteiger partial charge < -0.3 is 19.9 Å². The topological polar surface area (TPSA) is 98.5 Å². The normalized spacial score (nSPS) is 18.9. The first-order valence-corrected chi connectivity index (χ1v) is 11.4. The van der Waals surface area contributed by atoms with E-state index < -0.39 is 5.60 Å². The predicted octanol–water partition coefficient (Wildman–Crippen LogP) is 3.20. The summed E-state index contributed by atoms with van der Waals surface area (Å²) in [5, 5.41) is 18.4. The molecule has 4 rings (SSSR count). The smallest absolute Gasteiger partial charge is 0.263 e. The molecule has 0 atom stereocenters. The third kappa shape index (κ3) is 5.51. The van der Waals surface area contributed by atoms with Gasteiger partial charge in [0.15, 0.2) is 5.60 Å². The summed E-state index contributed by atoms with van der Waals surface area (Å²) in [5.74, 6) is 0.220. The van der Waals surface area contributed by atoms with E-state index in [-0.39, 0.29) is 18.1 Å². The minimum Gasteiger partial charge on any atom is -0.460 e. The number of aliphatic hydroxyl groups is 1. The SMILES string of the molecule is COCc1ccc2c(c1)c(OC(C)(C)C(=O)NC1CCC(O)CC1)nn2Cc1cccnc1. The maximum Gasteiger partial charge on any atom is 0.263 e. The van der Waals surface area contributed by atoms with Gasteiger partial charge in [-0.25, -0.2) is 0 Å². The Kier molecular flexibility index (Phi) is 6.95. The molecule has 3 aromatic rings. The van der Waals surface area contributed by atoms with E-state index in [0.29, 0.717) is 31.9 Å². The monoisotopic (exact) mass is 452 g/mol. The summed E-state index contributed by atoms with van der Waals surface area (Å²) in [4.78, 5) is 17.3. The average Bonchev–Trinajstić information content (AvgIpc) is 3.12. The molecule has 0 saturated heterocycles. The number of pyridine rings is 1. The summed E-state index contributed by atoms with van der Waals surface area (Å²) in [6.07, 6.45) is 6.24. The van der Waals surface area contributed by atoms with Crippen LogP contribution in [-0.2, 0) is 22.7 Å². The van der Waals surface area contributed by atoms with Crippen LogP contribution in [-0.4, -0.2) is 50.6 Å². The molecule has 1 aliphatic rings. The lowest BCUT2D eigenvalue weighted by atomic mass is 9.92. The Morgan fingerprint density at radius 1 is 1.21 bits per heavy atom. The number of ether oxygens (including phenoxy) is 2.